The average Bonchev–Trinajstić information content (AvgIpc) is 3.76. The Labute approximate surface area is 340 Å². The molecule has 0 saturated heterocycles. The minimum Gasteiger partial charge on any atom is -0.115 e. The van der Waals surface area contributed by atoms with Gasteiger partial charge in [-0.3, -0.25) is 0 Å². The van der Waals surface area contributed by atoms with Gasteiger partial charge in [0.15, 0.2) is 0 Å². The lowest BCUT2D eigenvalue weighted by molar-refractivity contribution is 0.836. The first-order valence-corrected chi connectivity index (χ1v) is 19.4. The van der Waals surface area contributed by atoms with Gasteiger partial charge in [0.25, 0.3) is 0 Å². The monoisotopic (exact) mass is 730 g/mol. The van der Waals surface area contributed by atoms with Crippen LogP contribution in [0.4, 0.5) is 0 Å². The molecule has 0 N–H and O–H groups in total. The lowest BCUT2D eigenvalue weighted by Gasteiger charge is -2.28. The third-order valence-electron chi connectivity index (χ3n) is 11.7. The van der Waals surface area contributed by atoms with Crippen molar-refractivity contribution in [1.29, 1.82) is 0 Å². The highest BCUT2D eigenvalue weighted by Crippen LogP contribution is 2.54. The second kappa shape index (κ2) is 13.9. The van der Waals surface area contributed by atoms with Crippen LogP contribution in [0.5, 0.6) is 0 Å². The topological polar surface area (TPSA) is 0 Å². The van der Waals surface area contributed by atoms with E-state index in [0.29, 0.717) is 0 Å². The smallest absolute Gasteiger partial charge is 0.108 e. The van der Waals surface area contributed by atoms with Gasteiger partial charge in [-0.05, 0) is 103 Å². The summed E-state index contributed by atoms with van der Waals surface area (Å²) in [7, 11) is 0. The van der Waals surface area contributed by atoms with Crippen LogP contribution >= 0.6 is 0 Å². The molecule has 58 heavy (non-hydrogen) atoms. The molecule has 0 aliphatic heterocycles. The second-order valence-corrected chi connectivity index (χ2v) is 14.8. The fourth-order valence-electron chi connectivity index (χ4n) is 9.04. The SMILES string of the molecule is C#Cc1cccc(C#CC2(c3ccc(-c4ccc(C5(C#Cc6cccc(C#C)c6)c6ccccc6-c6ccccc65)cc4)cc3)c3ccccc3-c3ccccc32)c1. The molecule has 0 fully saturated rings. The van der Waals surface area contributed by atoms with Crippen molar-refractivity contribution in [3.63, 3.8) is 0 Å². The number of fused-ring (bicyclic) bond motifs is 6. The van der Waals surface area contributed by atoms with E-state index in [9.17, 15) is 0 Å². The summed E-state index contributed by atoms with van der Waals surface area (Å²) in [6.07, 6.45) is 11.5. The third-order valence-corrected chi connectivity index (χ3v) is 11.7. The first kappa shape index (κ1) is 34.5. The Bertz CT molecular complexity index is 2830. The summed E-state index contributed by atoms with van der Waals surface area (Å²) in [5.74, 6) is 20.2. The fourth-order valence-corrected chi connectivity index (χ4v) is 9.04. The Hall–Kier alpha value is -8.00. The quantitative estimate of drug-likeness (QED) is 0.159. The lowest BCUT2D eigenvalue weighted by atomic mass is 9.72. The highest BCUT2D eigenvalue weighted by Gasteiger charge is 2.45. The number of benzene rings is 8. The maximum absolute atomic E-state index is 5.76. The van der Waals surface area contributed by atoms with E-state index < -0.39 is 10.8 Å². The lowest BCUT2D eigenvalue weighted by Crippen LogP contribution is -2.25. The van der Waals surface area contributed by atoms with Crippen molar-refractivity contribution in [3.05, 3.63) is 250 Å². The van der Waals surface area contributed by atoms with Gasteiger partial charge >= 0.3 is 0 Å². The van der Waals surface area contributed by atoms with Gasteiger partial charge in [-0.15, -0.1) is 12.8 Å². The average molecular weight is 731 g/mol. The molecule has 0 heterocycles. The Morgan fingerprint density at radius 2 is 0.621 bits per heavy atom. The molecule has 266 valence electrons. The Kier molecular flexibility index (Phi) is 8.29. The molecule has 0 spiro atoms. The van der Waals surface area contributed by atoms with Crippen LogP contribution in [0.2, 0.25) is 0 Å². The van der Waals surface area contributed by atoms with Gasteiger partial charge in [-0.25, -0.2) is 0 Å². The Morgan fingerprint density at radius 3 is 0.948 bits per heavy atom. The van der Waals surface area contributed by atoms with Gasteiger partial charge in [-0.2, -0.15) is 0 Å². The molecule has 0 amide bonds. The summed E-state index contributed by atoms with van der Waals surface area (Å²) in [4.78, 5) is 0. The van der Waals surface area contributed by atoms with E-state index in [1.165, 1.54) is 44.5 Å². The molecular weight excluding hydrogens is 697 g/mol. The summed E-state index contributed by atoms with van der Waals surface area (Å²) < 4.78 is 0. The summed E-state index contributed by atoms with van der Waals surface area (Å²) in [6.45, 7) is 0. The van der Waals surface area contributed by atoms with Crippen molar-refractivity contribution < 1.29 is 0 Å². The van der Waals surface area contributed by atoms with Gasteiger partial charge in [0.1, 0.15) is 10.8 Å². The number of hydrogen-bond acceptors (Lipinski definition) is 0. The van der Waals surface area contributed by atoms with Crippen molar-refractivity contribution in [2.24, 2.45) is 0 Å². The molecule has 0 atom stereocenters. The van der Waals surface area contributed by atoms with Crippen molar-refractivity contribution >= 4 is 0 Å². The van der Waals surface area contributed by atoms with E-state index in [4.69, 9.17) is 12.8 Å². The van der Waals surface area contributed by atoms with Crippen LogP contribution in [0.25, 0.3) is 33.4 Å². The van der Waals surface area contributed by atoms with Crippen molar-refractivity contribution in [1.82, 2.24) is 0 Å². The van der Waals surface area contributed by atoms with E-state index >= 15 is 0 Å². The molecule has 0 heteroatoms. The van der Waals surface area contributed by atoms with E-state index in [1.54, 1.807) is 0 Å². The van der Waals surface area contributed by atoms with Gasteiger partial charge in [0, 0.05) is 22.3 Å². The van der Waals surface area contributed by atoms with Gasteiger partial charge < -0.3 is 0 Å². The van der Waals surface area contributed by atoms with Gasteiger partial charge in [0.2, 0.25) is 0 Å². The van der Waals surface area contributed by atoms with Crippen molar-refractivity contribution in [2.75, 3.05) is 0 Å². The van der Waals surface area contributed by atoms with Crippen LogP contribution in [0.1, 0.15) is 55.6 Å². The molecular formula is C58H34. The summed E-state index contributed by atoms with van der Waals surface area (Å²) in [5, 5.41) is 0. The molecule has 0 saturated carbocycles. The van der Waals surface area contributed by atoms with E-state index in [1.807, 2.05) is 48.5 Å². The summed E-state index contributed by atoms with van der Waals surface area (Å²) in [6, 6.07) is 68.3. The van der Waals surface area contributed by atoms with Crippen LogP contribution in [-0.4, -0.2) is 0 Å². The largest absolute Gasteiger partial charge is 0.115 e. The van der Waals surface area contributed by atoms with Crippen LogP contribution in [0.15, 0.2) is 194 Å². The molecule has 0 bridgehead atoms. The number of terminal acetylenes is 2. The zero-order valence-electron chi connectivity index (χ0n) is 31.6. The molecule has 0 radical (unpaired) electrons. The molecule has 2 aliphatic carbocycles. The molecule has 0 aromatic heterocycles. The minimum atomic E-state index is -0.671. The molecule has 10 rings (SSSR count). The maximum Gasteiger partial charge on any atom is 0.108 e. The molecule has 2 aliphatic rings. The predicted octanol–water partition coefficient (Wildman–Crippen LogP) is 12.0. The molecule has 0 unspecified atom stereocenters. The number of hydrogen-bond donors (Lipinski definition) is 0. The first-order chi connectivity index (χ1) is 28.6. The van der Waals surface area contributed by atoms with Crippen LogP contribution in [0.3, 0.4) is 0 Å². The highest BCUT2D eigenvalue weighted by atomic mass is 14.4. The zero-order valence-corrected chi connectivity index (χ0v) is 31.6. The van der Waals surface area contributed by atoms with Gasteiger partial charge in [0.05, 0.1) is 0 Å². The van der Waals surface area contributed by atoms with E-state index in [0.717, 1.165) is 44.5 Å². The Balaban J connectivity index is 1.08. The van der Waals surface area contributed by atoms with Gasteiger partial charge in [-0.1, -0.05) is 193 Å². The third kappa shape index (κ3) is 5.41. The fraction of sp³-hybridized carbons (Fsp3) is 0.0345. The summed E-state index contributed by atoms with van der Waals surface area (Å²) >= 11 is 0. The predicted molar refractivity (Wildman–Crippen MR) is 238 cm³/mol. The molecule has 8 aromatic rings. The van der Waals surface area contributed by atoms with Crippen LogP contribution < -0.4 is 0 Å². The standard InChI is InChI=1S/C58H34/c1-3-41-15-13-17-43(39-41)35-37-57(53-23-9-5-19-49(53)50-20-6-10-24-54(50)57)47-31-27-45(28-32-47)46-29-33-48(34-30-46)58(38-36-44-18-14-16-42(4-2)40-44)55-25-11-7-21-51(55)52-22-8-12-26-56(52)58/h1-2,5-34,39-40H. The van der Waals surface area contributed by atoms with Crippen LogP contribution in [0, 0.1) is 48.4 Å². The normalized spacial score (nSPS) is 13.1. The number of rotatable bonds is 3. The highest BCUT2D eigenvalue weighted by molar-refractivity contribution is 5.88. The Morgan fingerprint density at radius 1 is 0.310 bits per heavy atom. The molecule has 0 nitrogen and oxygen atoms in total. The summed E-state index contributed by atoms with van der Waals surface area (Å²) in [5.41, 5.74) is 16.1. The molecule has 8 aromatic carbocycles. The van der Waals surface area contributed by atoms with Crippen molar-refractivity contribution in [2.45, 2.75) is 10.8 Å². The second-order valence-electron chi connectivity index (χ2n) is 14.8. The van der Waals surface area contributed by atoms with E-state index in [2.05, 4.69) is 181 Å². The van der Waals surface area contributed by atoms with Crippen molar-refractivity contribution in [3.8, 4) is 81.8 Å². The zero-order chi connectivity index (χ0) is 39.1. The maximum atomic E-state index is 5.76. The van der Waals surface area contributed by atoms with Crippen LogP contribution in [-0.2, 0) is 10.8 Å². The minimum absolute atomic E-state index is 0.671. The first-order valence-electron chi connectivity index (χ1n) is 19.4. The van der Waals surface area contributed by atoms with E-state index in [-0.39, 0.29) is 0 Å².